The van der Waals surface area contributed by atoms with Crippen LogP contribution < -0.4 is 0 Å². The van der Waals surface area contributed by atoms with Gasteiger partial charge in [-0.2, -0.15) is 0 Å². The van der Waals surface area contributed by atoms with E-state index in [1.807, 2.05) is 0 Å². The smallest absolute Gasteiger partial charge is 0.0829 e. The lowest BCUT2D eigenvalue weighted by Crippen LogP contribution is -2.53. The van der Waals surface area contributed by atoms with Crippen LogP contribution in [0.15, 0.2) is 0 Å². The second-order valence-corrected chi connectivity index (χ2v) is 3.83. The Bertz CT molecular complexity index is 122. The Labute approximate surface area is 74.3 Å². The van der Waals surface area contributed by atoms with Crippen molar-refractivity contribution >= 4 is 0 Å². The van der Waals surface area contributed by atoms with Crippen molar-refractivity contribution in [1.82, 2.24) is 4.90 Å². The van der Waals surface area contributed by atoms with Gasteiger partial charge in [0, 0.05) is 19.6 Å². The van der Waals surface area contributed by atoms with Gasteiger partial charge in [0.25, 0.3) is 0 Å². The Kier molecular flexibility index (Phi) is 3.98. The second-order valence-electron chi connectivity index (χ2n) is 3.83. The summed E-state index contributed by atoms with van der Waals surface area (Å²) >= 11 is 0. The van der Waals surface area contributed by atoms with E-state index in [4.69, 9.17) is 9.84 Å². The molecule has 0 aromatic carbocycles. The summed E-state index contributed by atoms with van der Waals surface area (Å²) in [5.74, 6) is 0.740. The van der Waals surface area contributed by atoms with Crippen LogP contribution in [0.1, 0.15) is 13.8 Å². The molecule has 0 bridgehead atoms. The zero-order valence-electron chi connectivity index (χ0n) is 7.99. The standard InChI is InChI=1S/C9H19NO2/c1-8(2)5-10-6-9(7-10)12-4-3-11/h8-9,11H,3-7H2,1-2H3. The van der Waals surface area contributed by atoms with Crippen LogP contribution in [0, 0.1) is 5.92 Å². The molecule has 0 spiro atoms. The molecule has 0 atom stereocenters. The first-order valence-corrected chi connectivity index (χ1v) is 4.67. The summed E-state index contributed by atoms with van der Waals surface area (Å²) < 4.78 is 5.35. The quantitative estimate of drug-likeness (QED) is 0.650. The van der Waals surface area contributed by atoms with E-state index in [1.165, 1.54) is 6.54 Å². The Morgan fingerprint density at radius 3 is 2.67 bits per heavy atom. The predicted molar refractivity (Wildman–Crippen MR) is 48.1 cm³/mol. The van der Waals surface area contributed by atoms with Crippen molar-refractivity contribution < 1.29 is 9.84 Å². The maximum absolute atomic E-state index is 8.51. The summed E-state index contributed by atoms with van der Waals surface area (Å²) in [6.45, 7) is 8.32. The van der Waals surface area contributed by atoms with Gasteiger partial charge in [0.15, 0.2) is 0 Å². The molecule has 3 nitrogen and oxygen atoms in total. The number of hydrogen-bond donors (Lipinski definition) is 1. The van der Waals surface area contributed by atoms with Crippen molar-refractivity contribution in [2.75, 3.05) is 32.8 Å². The highest BCUT2D eigenvalue weighted by molar-refractivity contribution is 4.80. The molecule has 1 N–H and O–H groups in total. The predicted octanol–water partition coefficient (Wildman–Crippen LogP) is 0.336. The molecule has 3 heteroatoms. The Morgan fingerprint density at radius 1 is 1.50 bits per heavy atom. The van der Waals surface area contributed by atoms with Crippen LogP contribution >= 0.6 is 0 Å². The topological polar surface area (TPSA) is 32.7 Å². The number of aliphatic hydroxyl groups is 1. The van der Waals surface area contributed by atoms with E-state index in [-0.39, 0.29) is 6.61 Å². The van der Waals surface area contributed by atoms with Crippen molar-refractivity contribution in [2.45, 2.75) is 20.0 Å². The maximum Gasteiger partial charge on any atom is 0.0829 e. The van der Waals surface area contributed by atoms with Crippen molar-refractivity contribution in [3.8, 4) is 0 Å². The van der Waals surface area contributed by atoms with Crippen LogP contribution in [-0.2, 0) is 4.74 Å². The number of hydrogen-bond acceptors (Lipinski definition) is 3. The molecule has 1 rings (SSSR count). The summed E-state index contributed by atoms with van der Waals surface area (Å²) in [6.07, 6.45) is 0.371. The number of nitrogens with zero attached hydrogens (tertiary/aromatic N) is 1. The molecule has 1 aliphatic rings. The third kappa shape index (κ3) is 3.09. The molecule has 72 valence electrons. The fourth-order valence-electron chi connectivity index (χ4n) is 1.51. The molecule has 0 saturated carbocycles. The van der Waals surface area contributed by atoms with E-state index in [0.717, 1.165) is 19.0 Å². The molecule has 0 amide bonds. The monoisotopic (exact) mass is 173 g/mol. The molecule has 1 heterocycles. The van der Waals surface area contributed by atoms with Gasteiger partial charge < -0.3 is 9.84 Å². The largest absolute Gasteiger partial charge is 0.394 e. The van der Waals surface area contributed by atoms with Crippen LogP contribution in [0.5, 0.6) is 0 Å². The summed E-state index contributed by atoms with van der Waals surface area (Å²) in [6, 6.07) is 0. The zero-order valence-corrected chi connectivity index (χ0v) is 7.99. The molecule has 0 aromatic heterocycles. The van der Waals surface area contributed by atoms with Crippen molar-refractivity contribution in [1.29, 1.82) is 0 Å². The first kappa shape index (κ1) is 9.96. The SMILES string of the molecule is CC(C)CN1CC(OCCO)C1. The Morgan fingerprint density at radius 2 is 2.17 bits per heavy atom. The lowest BCUT2D eigenvalue weighted by atomic mass is 10.1. The number of ether oxygens (including phenoxy) is 1. The molecule has 0 aromatic rings. The van der Waals surface area contributed by atoms with Gasteiger partial charge in [0.1, 0.15) is 0 Å². The van der Waals surface area contributed by atoms with Crippen LogP contribution in [0.2, 0.25) is 0 Å². The molecule has 0 aliphatic carbocycles. The lowest BCUT2D eigenvalue weighted by Gasteiger charge is -2.39. The third-order valence-electron chi connectivity index (χ3n) is 1.99. The van der Waals surface area contributed by atoms with E-state index in [0.29, 0.717) is 12.7 Å². The van der Waals surface area contributed by atoms with Crippen molar-refractivity contribution in [3.05, 3.63) is 0 Å². The summed E-state index contributed by atoms with van der Waals surface area (Å²) in [5, 5.41) is 8.51. The van der Waals surface area contributed by atoms with Gasteiger partial charge in [-0.15, -0.1) is 0 Å². The molecule has 1 saturated heterocycles. The van der Waals surface area contributed by atoms with Gasteiger partial charge in [0.05, 0.1) is 19.3 Å². The highest BCUT2D eigenvalue weighted by Gasteiger charge is 2.26. The molecule has 0 radical (unpaired) electrons. The van der Waals surface area contributed by atoms with E-state index >= 15 is 0 Å². The van der Waals surface area contributed by atoms with Gasteiger partial charge in [-0.25, -0.2) is 0 Å². The van der Waals surface area contributed by atoms with Crippen molar-refractivity contribution in [3.63, 3.8) is 0 Å². The van der Waals surface area contributed by atoms with E-state index in [9.17, 15) is 0 Å². The van der Waals surface area contributed by atoms with Crippen LogP contribution in [0.3, 0.4) is 0 Å². The van der Waals surface area contributed by atoms with E-state index < -0.39 is 0 Å². The second kappa shape index (κ2) is 4.80. The minimum Gasteiger partial charge on any atom is -0.394 e. The maximum atomic E-state index is 8.51. The first-order chi connectivity index (χ1) is 5.72. The Hall–Kier alpha value is -0.120. The summed E-state index contributed by atoms with van der Waals surface area (Å²) in [5.41, 5.74) is 0. The molecule has 1 fully saturated rings. The van der Waals surface area contributed by atoms with Gasteiger partial charge in [-0.05, 0) is 5.92 Å². The molecular formula is C9H19NO2. The van der Waals surface area contributed by atoms with Gasteiger partial charge in [-0.1, -0.05) is 13.8 Å². The molecule has 1 aliphatic heterocycles. The Balaban J connectivity index is 1.96. The highest BCUT2D eigenvalue weighted by atomic mass is 16.5. The van der Waals surface area contributed by atoms with E-state index in [1.54, 1.807) is 0 Å². The highest BCUT2D eigenvalue weighted by Crippen LogP contribution is 2.13. The van der Waals surface area contributed by atoms with Crippen LogP contribution in [0.4, 0.5) is 0 Å². The van der Waals surface area contributed by atoms with Gasteiger partial charge in [0.2, 0.25) is 0 Å². The minimum absolute atomic E-state index is 0.140. The first-order valence-electron chi connectivity index (χ1n) is 4.67. The van der Waals surface area contributed by atoms with Gasteiger partial charge >= 0.3 is 0 Å². The molecular weight excluding hydrogens is 154 g/mol. The number of rotatable bonds is 5. The normalized spacial score (nSPS) is 20.0. The van der Waals surface area contributed by atoms with E-state index in [2.05, 4.69) is 18.7 Å². The van der Waals surface area contributed by atoms with Crippen LogP contribution in [0.25, 0.3) is 0 Å². The van der Waals surface area contributed by atoms with Crippen molar-refractivity contribution in [2.24, 2.45) is 5.92 Å². The fraction of sp³-hybridized carbons (Fsp3) is 1.00. The third-order valence-corrected chi connectivity index (χ3v) is 1.99. The number of aliphatic hydroxyl groups excluding tert-OH is 1. The summed E-state index contributed by atoms with van der Waals surface area (Å²) in [7, 11) is 0. The molecule has 12 heavy (non-hydrogen) atoms. The summed E-state index contributed by atoms with van der Waals surface area (Å²) in [4.78, 5) is 2.38. The average molecular weight is 173 g/mol. The lowest BCUT2D eigenvalue weighted by molar-refractivity contribution is -0.0664. The van der Waals surface area contributed by atoms with Gasteiger partial charge in [-0.3, -0.25) is 4.90 Å². The average Bonchev–Trinajstić information content (AvgIpc) is 1.93. The minimum atomic E-state index is 0.140. The number of likely N-dealkylation sites (tertiary alicyclic amines) is 1. The fourth-order valence-corrected chi connectivity index (χ4v) is 1.51. The van der Waals surface area contributed by atoms with Crippen LogP contribution in [-0.4, -0.2) is 49.0 Å². The molecule has 0 unspecified atom stereocenters. The zero-order chi connectivity index (χ0) is 8.97.